The first-order valence-electron chi connectivity index (χ1n) is 3.49. The molecule has 6 nitrogen and oxygen atoms in total. The van der Waals surface area contributed by atoms with Crippen LogP contribution in [0.2, 0.25) is 0 Å². The van der Waals surface area contributed by atoms with Crippen molar-refractivity contribution in [2.24, 2.45) is 0 Å². The van der Waals surface area contributed by atoms with E-state index in [1.54, 1.807) is 0 Å². The van der Waals surface area contributed by atoms with Crippen molar-refractivity contribution in [3.05, 3.63) is 18.1 Å². The third-order valence-electron chi connectivity index (χ3n) is 1.15. The summed E-state index contributed by atoms with van der Waals surface area (Å²) in [6.45, 7) is 0. The highest BCUT2D eigenvalue weighted by atomic mass is 16.4. The van der Waals surface area contributed by atoms with Gasteiger partial charge in [-0.2, -0.15) is 0 Å². The predicted molar refractivity (Wildman–Crippen MR) is 46.6 cm³/mol. The molecule has 1 aromatic heterocycles. The molecular formula is C8H5N3O3. The van der Waals surface area contributed by atoms with Crippen LogP contribution in [-0.4, -0.2) is 27.5 Å². The maximum absolute atomic E-state index is 10.2. The van der Waals surface area contributed by atoms with Gasteiger partial charge < -0.3 is 5.11 Å². The number of hydrogen-bond donors (Lipinski definition) is 2. The highest BCUT2D eigenvalue weighted by Crippen LogP contribution is 1.99. The molecule has 14 heavy (non-hydrogen) atoms. The Bertz CT molecular complexity index is 402. The van der Waals surface area contributed by atoms with Gasteiger partial charge in [0.15, 0.2) is 12.1 Å². The van der Waals surface area contributed by atoms with Crippen molar-refractivity contribution in [1.29, 1.82) is 0 Å². The lowest BCUT2D eigenvalue weighted by molar-refractivity contribution is -0.103. The molecule has 0 atom stereocenters. The summed E-state index contributed by atoms with van der Waals surface area (Å²) in [5, 5.41) is 10.3. The van der Waals surface area contributed by atoms with Gasteiger partial charge in [-0.1, -0.05) is 0 Å². The highest BCUT2D eigenvalue weighted by Gasteiger charge is 1.98. The van der Waals surface area contributed by atoms with E-state index in [0.29, 0.717) is 12.0 Å². The predicted octanol–water partition coefficient (Wildman–Crippen LogP) is 0.117. The summed E-state index contributed by atoms with van der Waals surface area (Å²) in [7, 11) is 0. The molecule has 0 saturated heterocycles. The molecular weight excluding hydrogens is 186 g/mol. The lowest BCUT2D eigenvalue weighted by Gasteiger charge is -1.97. The van der Waals surface area contributed by atoms with Crippen LogP contribution in [0.3, 0.4) is 0 Å². The molecule has 0 radical (unpaired) electrons. The number of aldehydes is 1. The molecule has 0 fully saturated rings. The smallest absolute Gasteiger partial charge is 0.410 e. The number of nitrogens with one attached hydrogen (secondary N) is 1. The maximum Gasteiger partial charge on any atom is 0.410 e. The lowest BCUT2D eigenvalue weighted by atomic mass is 10.4. The number of rotatable bonds is 1. The fraction of sp³-hybridized carbons (Fsp3) is 0. The van der Waals surface area contributed by atoms with Gasteiger partial charge in [0, 0.05) is 0 Å². The van der Waals surface area contributed by atoms with E-state index in [-0.39, 0.29) is 5.82 Å². The number of aromatic nitrogens is 2. The van der Waals surface area contributed by atoms with E-state index in [4.69, 9.17) is 5.11 Å². The standard InChI is InChI=1S/C8H5N3O3/c12-3-1-2-6-4-10-7(5-9-6)11-8(13)14/h3-5H,(H,10,11)(H,13,14). The minimum Gasteiger partial charge on any atom is -0.465 e. The molecule has 1 rings (SSSR count). The van der Waals surface area contributed by atoms with Gasteiger partial charge in [-0.3, -0.25) is 10.1 Å². The number of carbonyl (C=O) groups is 2. The van der Waals surface area contributed by atoms with E-state index in [1.807, 2.05) is 5.32 Å². The van der Waals surface area contributed by atoms with Crippen LogP contribution in [0.1, 0.15) is 5.69 Å². The molecule has 0 spiro atoms. The molecule has 0 bridgehead atoms. The molecule has 70 valence electrons. The first kappa shape index (κ1) is 9.67. The summed E-state index contributed by atoms with van der Waals surface area (Å²) < 4.78 is 0. The van der Waals surface area contributed by atoms with Crippen LogP contribution in [0.4, 0.5) is 10.6 Å². The van der Waals surface area contributed by atoms with Crippen LogP contribution in [0.15, 0.2) is 12.4 Å². The van der Waals surface area contributed by atoms with Gasteiger partial charge in [-0.05, 0) is 11.8 Å². The van der Waals surface area contributed by atoms with E-state index in [0.717, 1.165) is 0 Å². The Labute approximate surface area is 79.0 Å². The van der Waals surface area contributed by atoms with Crippen molar-refractivity contribution < 1.29 is 14.7 Å². The van der Waals surface area contributed by atoms with Crippen LogP contribution in [-0.2, 0) is 4.79 Å². The first-order chi connectivity index (χ1) is 6.72. The average molecular weight is 191 g/mol. The summed E-state index contributed by atoms with van der Waals surface area (Å²) >= 11 is 0. The van der Waals surface area contributed by atoms with Crippen molar-refractivity contribution in [2.75, 3.05) is 5.32 Å². The van der Waals surface area contributed by atoms with Crippen LogP contribution < -0.4 is 5.32 Å². The monoisotopic (exact) mass is 191 g/mol. The Morgan fingerprint density at radius 1 is 1.50 bits per heavy atom. The van der Waals surface area contributed by atoms with E-state index in [9.17, 15) is 9.59 Å². The van der Waals surface area contributed by atoms with Crippen LogP contribution >= 0.6 is 0 Å². The largest absolute Gasteiger partial charge is 0.465 e. The molecule has 0 aliphatic carbocycles. The molecule has 1 heterocycles. The van der Waals surface area contributed by atoms with Gasteiger partial charge in [0.2, 0.25) is 0 Å². The highest BCUT2D eigenvalue weighted by molar-refractivity contribution is 5.81. The molecule has 0 aliphatic heterocycles. The van der Waals surface area contributed by atoms with Gasteiger partial charge in [0.05, 0.1) is 12.4 Å². The second-order valence-electron chi connectivity index (χ2n) is 2.10. The van der Waals surface area contributed by atoms with E-state index in [1.165, 1.54) is 12.4 Å². The fourth-order valence-corrected chi connectivity index (χ4v) is 0.670. The molecule has 1 amide bonds. The Balaban J connectivity index is 2.78. The Hall–Kier alpha value is -2.42. The number of anilines is 1. The van der Waals surface area contributed by atoms with Crippen LogP contribution in [0, 0.1) is 11.8 Å². The number of amides is 1. The SMILES string of the molecule is O=CC#Cc1cnc(NC(=O)O)cn1. The Kier molecular flexibility index (Phi) is 3.15. The molecule has 6 heteroatoms. The van der Waals surface area contributed by atoms with Crippen LogP contribution in [0.25, 0.3) is 0 Å². The molecule has 0 unspecified atom stereocenters. The second kappa shape index (κ2) is 4.57. The Morgan fingerprint density at radius 2 is 2.29 bits per heavy atom. The third kappa shape index (κ3) is 2.91. The average Bonchev–Trinajstić information content (AvgIpc) is 2.16. The molecule has 0 saturated carbocycles. The van der Waals surface area contributed by atoms with Crippen molar-refractivity contribution in [1.82, 2.24) is 9.97 Å². The van der Waals surface area contributed by atoms with E-state index in [2.05, 4.69) is 21.8 Å². The fourth-order valence-electron chi connectivity index (χ4n) is 0.670. The second-order valence-corrected chi connectivity index (χ2v) is 2.10. The zero-order chi connectivity index (χ0) is 10.4. The van der Waals surface area contributed by atoms with Crippen molar-refractivity contribution in [3.63, 3.8) is 0 Å². The number of hydrogen-bond acceptors (Lipinski definition) is 4. The number of nitrogens with zero attached hydrogens (tertiary/aromatic N) is 2. The number of carbonyl (C=O) groups excluding carboxylic acids is 1. The molecule has 2 N–H and O–H groups in total. The molecule has 1 aromatic rings. The van der Waals surface area contributed by atoms with E-state index < -0.39 is 6.09 Å². The zero-order valence-electron chi connectivity index (χ0n) is 6.89. The van der Waals surface area contributed by atoms with Gasteiger partial charge in [0.25, 0.3) is 0 Å². The summed E-state index contributed by atoms with van der Waals surface area (Å²) in [4.78, 5) is 27.5. The van der Waals surface area contributed by atoms with E-state index >= 15 is 0 Å². The number of carboxylic acid groups (broad SMARTS) is 1. The topological polar surface area (TPSA) is 92.2 Å². The molecule has 0 aliphatic rings. The minimum atomic E-state index is -1.22. The van der Waals surface area contributed by atoms with Gasteiger partial charge in [-0.15, -0.1) is 0 Å². The first-order valence-corrected chi connectivity index (χ1v) is 3.49. The van der Waals surface area contributed by atoms with Crippen molar-refractivity contribution >= 4 is 18.2 Å². The minimum absolute atomic E-state index is 0.106. The van der Waals surface area contributed by atoms with Crippen molar-refractivity contribution in [2.45, 2.75) is 0 Å². The summed E-state index contributed by atoms with van der Waals surface area (Å²) in [5.74, 6) is 4.67. The lowest BCUT2D eigenvalue weighted by Crippen LogP contribution is -2.09. The van der Waals surface area contributed by atoms with Gasteiger partial charge in [-0.25, -0.2) is 14.8 Å². The summed E-state index contributed by atoms with van der Waals surface area (Å²) in [5.41, 5.74) is 0.299. The maximum atomic E-state index is 10.2. The van der Waals surface area contributed by atoms with Crippen LogP contribution in [0.5, 0.6) is 0 Å². The summed E-state index contributed by atoms with van der Waals surface area (Å²) in [6.07, 6.45) is 1.70. The Morgan fingerprint density at radius 3 is 2.79 bits per heavy atom. The van der Waals surface area contributed by atoms with Gasteiger partial charge >= 0.3 is 6.09 Å². The molecule has 0 aromatic carbocycles. The van der Waals surface area contributed by atoms with Gasteiger partial charge in [0.1, 0.15) is 5.69 Å². The third-order valence-corrected chi connectivity index (χ3v) is 1.15. The van der Waals surface area contributed by atoms with Crippen molar-refractivity contribution in [3.8, 4) is 11.8 Å². The quantitative estimate of drug-likeness (QED) is 0.485. The zero-order valence-corrected chi connectivity index (χ0v) is 6.89. The summed E-state index contributed by atoms with van der Waals surface area (Å²) in [6, 6.07) is 0. The normalized spacial score (nSPS) is 8.29.